The first-order valence-electron chi connectivity index (χ1n) is 6.95. The van der Waals surface area contributed by atoms with E-state index in [1.54, 1.807) is 6.33 Å². The zero-order valence-corrected chi connectivity index (χ0v) is 12.5. The van der Waals surface area contributed by atoms with Gasteiger partial charge in [0.1, 0.15) is 6.33 Å². The van der Waals surface area contributed by atoms with Crippen LogP contribution in [0.4, 0.5) is 5.82 Å². The number of nitrogens with zero attached hydrogens (tertiary/aromatic N) is 6. The number of fused-ring (bicyclic) bond motifs is 3. The van der Waals surface area contributed by atoms with Gasteiger partial charge in [0, 0.05) is 31.2 Å². The minimum atomic E-state index is 0.674. The molecule has 0 radical (unpaired) electrons. The van der Waals surface area contributed by atoms with Gasteiger partial charge in [-0.05, 0) is 25.2 Å². The maximum atomic E-state index is 6.09. The van der Waals surface area contributed by atoms with Gasteiger partial charge in [0.25, 0.3) is 0 Å². The number of likely N-dealkylation sites (N-methyl/N-ethyl adjacent to an activating group) is 1. The van der Waals surface area contributed by atoms with E-state index in [-0.39, 0.29) is 0 Å². The monoisotopic (exact) mass is 302 g/mol. The third-order valence-electron chi connectivity index (χ3n) is 3.94. The average molecular weight is 303 g/mol. The zero-order chi connectivity index (χ0) is 14.4. The molecule has 0 saturated carbocycles. The molecule has 1 saturated heterocycles. The van der Waals surface area contributed by atoms with Crippen LogP contribution in [-0.4, -0.2) is 57.7 Å². The Balaban J connectivity index is 1.91. The van der Waals surface area contributed by atoms with Crippen LogP contribution in [0.25, 0.3) is 16.7 Å². The first kappa shape index (κ1) is 12.8. The van der Waals surface area contributed by atoms with Crippen molar-refractivity contribution in [1.82, 2.24) is 24.5 Å². The number of aromatic nitrogens is 4. The lowest BCUT2D eigenvalue weighted by molar-refractivity contribution is 0.312. The first-order valence-corrected chi connectivity index (χ1v) is 7.33. The van der Waals surface area contributed by atoms with Crippen LogP contribution in [0.3, 0.4) is 0 Å². The van der Waals surface area contributed by atoms with Crippen LogP contribution >= 0.6 is 11.6 Å². The summed E-state index contributed by atoms with van der Waals surface area (Å²) in [5, 5.41) is 5.00. The second kappa shape index (κ2) is 4.82. The van der Waals surface area contributed by atoms with Crippen LogP contribution in [0.5, 0.6) is 0 Å². The van der Waals surface area contributed by atoms with Crippen molar-refractivity contribution < 1.29 is 0 Å². The summed E-state index contributed by atoms with van der Waals surface area (Å²) in [6.45, 7) is 3.96. The van der Waals surface area contributed by atoms with Gasteiger partial charge in [-0.1, -0.05) is 11.6 Å². The normalized spacial score (nSPS) is 17.0. The minimum absolute atomic E-state index is 0.674. The maximum absolute atomic E-state index is 6.09. The fraction of sp³-hybridized carbons (Fsp3) is 0.357. The number of piperazine rings is 1. The Labute approximate surface area is 127 Å². The van der Waals surface area contributed by atoms with E-state index in [1.165, 1.54) is 0 Å². The predicted octanol–water partition coefficient (Wildman–Crippen LogP) is 1.68. The van der Waals surface area contributed by atoms with Crippen molar-refractivity contribution in [3.63, 3.8) is 0 Å². The third kappa shape index (κ3) is 2.11. The topological polar surface area (TPSA) is 49.6 Å². The molecule has 0 atom stereocenters. The summed E-state index contributed by atoms with van der Waals surface area (Å²) in [6, 6.07) is 5.66. The number of benzene rings is 1. The molecular formula is C14H15ClN6. The van der Waals surface area contributed by atoms with Gasteiger partial charge >= 0.3 is 0 Å². The summed E-state index contributed by atoms with van der Waals surface area (Å²) >= 11 is 6.09. The van der Waals surface area contributed by atoms with Gasteiger partial charge in [0.2, 0.25) is 0 Å². The molecule has 1 aliphatic rings. The second-order valence-corrected chi connectivity index (χ2v) is 5.79. The SMILES string of the molecule is CN1CCN(c2nc3ccc(Cl)cc3n3ncnc23)CC1. The van der Waals surface area contributed by atoms with Crippen LogP contribution in [0.15, 0.2) is 24.5 Å². The number of rotatable bonds is 1. The van der Waals surface area contributed by atoms with E-state index >= 15 is 0 Å². The Bertz CT molecular complexity index is 806. The Kier molecular flexibility index (Phi) is 2.94. The Morgan fingerprint density at radius 1 is 1.14 bits per heavy atom. The molecule has 3 heterocycles. The third-order valence-corrected chi connectivity index (χ3v) is 4.18. The first-order chi connectivity index (χ1) is 10.2. The maximum Gasteiger partial charge on any atom is 0.199 e. The summed E-state index contributed by atoms with van der Waals surface area (Å²) in [4.78, 5) is 13.8. The molecule has 108 valence electrons. The van der Waals surface area contributed by atoms with E-state index in [9.17, 15) is 0 Å². The van der Waals surface area contributed by atoms with Crippen LogP contribution in [0.1, 0.15) is 0 Å². The standard InChI is InChI=1S/C14H15ClN6/c1-19-4-6-20(7-5-19)14-13-16-9-17-21(13)12-8-10(15)2-3-11(12)18-14/h2-3,8-9H,4-7H2,1H3. The molecule has 4 rings (SSSR count). The fourth-order valence-electron chi connectivity index (χ4n) is 2.73. The van der Waals surface area contributed by atoms with Gasteiger partial charge in [0.05, 0.1) is 11.0 Å². The van der Waals surface area contributed by atoms with Crippen molar-refractivity contribution in [3.8, 4) is 0 Å². The van der Waals surface area contributed by atoms with Gasteiger partial charge in [-0.2, -0.15) is 5.10 Å². The van der Waals surface area contributed by atoms with Crippen LogP contribution in [0.2, 0.25) is 5.02 Å². The van der Waals surface area contributed by atoms with Crippen molar-refractivity contribution >= 4 is 34.1 Å². The lowest BCUT2D eigenvalue weighted by atomic mass is 10.3. The molecule has 7 heteroatoms. The molecule has 0 aliphatic carbocycles. The molecule has 0 spiro atoms. The number of anilines is 1. The Morgan fingerprint density at radius 3 is 2.76 bits per heavy atom. The van der Waals surface area contributed by atoms with Crippen molar-refractivity contribution in [2.24, 2.45) is 0 Å². The molecule has 1 fully saturated rings. The highest BCUT2D eigenvalue weighted by atomic mass is 35.5. The molecule has 0 unspecified atom stereocenters. The average Bonchev–Trinajstić information content (AvgIpc) is 2.97. The van der Waals surface area contributed by atoms with E-state index in [4.69, 9.17) is 16.6 Å². The van der Waals surface area contributed by atoms with Gasteiger partial charge in [-0.25, -0.2) is 14.5 Å². The molecule has 2 aromatic heterocycles. The number of halogens is 1. The molecule has 0 bridgehead atoms. The van der Waals surface area contributed by atoms with Gasteiger partial charge < -0.3 is 9.80 Å². The van der Waals surface area contributed by atoms with E-state index in [1.807, 2.05) is 22.7 Å². The van der Waals surface area contributed by atoms with Gasteiger partial charge in [-0.15, -0.1) is 0 Å². The van der Waals surface area contributed by atoms with E-state index in [0.717, 1.165) is 48.7 Å². The zero-order valence-electron chi connectivity index (χ0n) is 11.7. The van der Waals surface area contributed by atoms with Crippen molar-refractivity contribution in [1.29, 1.82) is 0 Å². The van der Waals surface area contributed by atoms with E-state index in [0.29, 0.717) is 5.02 Å². The van der Waals surface area contributed by atoms with Crippen LogP contribution < -0.4 is 4.90 Å². The summed E-state index contributed by atoms with van der Waals surface area (Å²) in [5.41, 5.74) is 2.55. The summed E-state index contributed by atoms with van der Waals surface area (Å²) in [5.74, 6) is 0.899. The number of hydrogen-bond donors (Lipinski definition) is 0. The molecule has 1 aromatic carbocycles. The summed E-state index contributed by atoms with van der Waals surface area (Å²) in [7, 11) is 2.14. The number of hydrogen-bond acceptors (Lipinski definition) is 5. The Hall–Kier alpha value is -1.92. The molecule has 1 aliphatic heterocycles. The molecule has 6 nitrogen and oxygen atoms in total. The molecule has 0 N–H and O–H groups in total. The quantitative estimate of drug-likeness (QED) is 0.684. The molecule has 0 amide bonds. The lowest BCUT2D eigenvalue weighted by Crippen LogP contribution is -2.45. The summed E-state index contributed by atoms with van der Waals surface area (Å²) in [6.07, 6.45) is 1.57. The van der Waals surface area contributed by atoms with Crippen molar-refractivity contribution in [2.75, 3.05) is 38.1 Å². The smallest absolute Gasteiger partial charge is 0.199 e. The van der Waals surface area contributed by atoms with Gasteiger partial charge in [0.15, 0.2) is 11.5 Å². The fourth-order valence-corrected chi connectivity index (χ4v) is 2.89. The molecule has 21 heavy (non-hydrogen) atoms. The van der Waals surface area contributed by atoms with E-state index < -0.39 is 0 Å². The molecular weight excluding hydrogens is 288 g/mol. The lowest BCUT2D eigenvalue weighted by Gasteiger charge is -2.33. The predicted molar refractivity (Wildman–Crippen MR) is 83.0 cm³/mol. The highest BCUT2D eigenvalue weighted by Gasteiger charge is 2.20. The largest absolute Gasteiger partial charge is 0.351 e. The molecule has 3 aromatic rings. The van der Waals surface area contributed by atoms with Crippen molar-refractivity contribution in [3.05, 3.63) is 29.5 Å². The Morgan fingerprint density at radius 2 is 1.95 bits per heavy atom. The second-order valence-electron chi connectivity index (χ2n) is 5.35. The van der Waals surface area contributed by atoms with Crippen molar-refractivity contribution in [2.45, 2.75) is 0 Å². The highest BCUT2D eigenvalue weighted by Crippen LogP contribution is 2.25. The van der Waals surface area contributed by atoms with E-state index in [2.05, 4.69) is 26.9 Å². The highest BCUT2D eigenvalue weighted by molar-refractivity contribution is 6.31. The minimum Gasteiger partial charge on any atom is -0.351 e. The van der Waals surface area contributed by atoms with Gasteiger partial charge in [-0.3, -0.25) is 0 Å². The van der Waals surface area contributed by atoms with Crippen LogP contribution in [-0.2, 0) is 0 Å². The summed E-state index contributed by atoms with van der Waals surface area (Å²) < 4.78 is 1.82. The van der Waals surface area contributed by atoms with Crippen LogP contribution in [0, 0.1) is 0 Å².